The third-order valence-electron chi connectivity index (χ3n) is 5.49. The predicted molar refractivity (Wildman–Crippen MR) is 129 cm³/mol. The molecule has 1 atom stereocenters. The molecule has 4 rings (SSSR count). The van der Waals surface area contributed by atoms with Crippen LogP contribution in [0.1, 0.15) is 59.5 Å². The van der Waals surface area contributed by atoms with E-state index in [-0.39, 0.29) is 17.7 Å². The van der Waals surface area contributed by atoms with Crippen LogP contribution in [-0.2, 0) is 22.4 Å². The molecule has 1 amide bonds. The Labute approximate surface area is 199 Å². The molecular formula is C23H26N4O4S2. The van der Waals surface area contributed by atoms with Crippen LogP contribution >= 0.6 is 23.1 Å². The molecule has 3 heterocycles. The first-order valence-electron chi connectivity index (χ1n) is 11.0. The Bertz CT molecular complexity index is 1270. The van der Waals surface area contributed by atoms with E-state index >= 15 is 0 Å². The highest BCUT2D eigenvalue weighted by atomic mass is 32.2. The molecular weight excluding hydrogens is 460 g/mol. The van der Waals surface area contributed by atoms with Crippen LogP contribution in [-0.4, -0.2) is 38.1 Å². The maximum atomic E-state index is 13.0. The number of rotatable bonds is 6. The molecule has 0 bridgehead atoms. The molecule has 1 aliphatic rings. The molecule has 3 aromatic heterocycles. The van der Waals surface area contributed by atoms with E-state index in [1.807, 2.05) is 13.0 Å². The quantitative estimate of drug-likeness (QED) is 0.319. The summed E-state index contributed by atoms with van der Waals surface area (Å²) in [5.74, 6) is -0.677. The van der Waals surface area contributed by atoms with Gasteiger partial charge < -0.3 is 10.1 Å². The average Bonchev–Trinajstić information content (AvgIpc) is 2.93. The Hall–Kier alpha value is -2.72. The Kier molecular flexibility index (Phi) is 7.14. The number of amides is 1. The van der Waals surface area contributed by atoms with Crippen LogP contribution in [0.2, 0.25) is 0 Å². The van der Waals surface area contributed by atoms with Gasteiger partial charge in [0.05, 0.1) is 17.4 Å². The summed E-state index contributed by atoms with van der Waals surface area (Å²) in [6.07, 6.45) is 6.57. The van der Waals surface area contributed by atoms with Crippen molar-refractivity contribution in [3.63, 3.8) is 0 Å². The maximum absolute atomic E-state index is 13.0. The smallest absolute Gasteiger partial charge is 0.355 e. The van der Waals surface area contributed by atoms with Gasteiger partial charge in [0.25, 0.3) is 0 Å². The van der Waals surface area contributed by atoms with Crippen LogP contribution in [0, 0.1) is 6.92 Å². The molecule has 0 aromatic carbocycles. The molecule has 0 radical (unpaired) electrons. The number of esters is 1. The van der Waals surface area contributed by atoms with Crippen molar-refractivity contribution in [1.29, 1.82) is 0 Å². The zero-order valence-electron chi connectivity index (χ0n) is 18.8. The molecule has 0 aliphatic heterocycles. The van der Waals surface area contributed by atoms with E-state index < -0.39 is 16.9 Å². The van der Waals surface area contributed by atoms with Gasteiger partial charge in [0.15, 0.2) is 5.16 Å². The first-order chi connectivity index (χ1) is 15.9. The minimum absolute atomic E-state index is 0.237. The maximum Gasteiger partial charge on any atom is 0.355 e. The number of fused-ring (bicyclic) bond motifs is 2. The Balaban J connectivity index is 1.56. The number of thiophene rings is 1. The molecule has 33 heavy (non-hydrogen) atoms. The standard InChI is InChI=1S/C23H26N4O4S2/c1-4-31-21(29)18-15-8-6-5-7-9-16(15)33-20(18)25-19(28)14(3)32-22-24-17-12-13(2)10-11-27(17)23(30)26-22/h10-12,14H,4-9H2,1-3H3,(H,25,28)/t14-/m1/s1. The Morgan fingerprint density at radius 3 is 2.85 bits per heavy atom. The zero-order chi connectivity index (χ0) is 23.5. The van der Waals surface area contributed by atoms with E-state index in [9.17, 15) is 14.4 Å². The van der Waals surface area contributed by atoms with E-state index in [2.05, 4.69) is 15.3 Å². The van der Waals surface area contributed by atoms with Gasteiger partial charge in [0, 0.05) is 11.1 Å². The van der Waals surface area contributed by atoms with Crippen molar-refractivity contribution in [2.45, 2.75) is 63.3 Å². The van der Waals surface area contributed by atoms with E-state index in [1.165, 1.54) is 15.7 Å². The molecule has 0 unspecified atom stereocenters. The lowest BCUT2D eigenvalue weighted by Crippen LogP contribution is -2.25. The molecule has 0 fully saturated rings. The summed E-state index contributed by atoms with van der Waals surface area (Å²) in [5.41, 5.74) is 2.50. The fourth-order valence-electron chi connectivity index (χ4n) is 3.82. The summed E-state index contributed by atoms with van der Waals surface area (Å²) in [6, 6.07) is 3.60. The van der Waals surface area contributed by atoms with Crippen LogP contribution in [0.4, 0.5) is 5.00 Å². The lowest BCUT2D eigenvalue weighted by atomic mass is 10.1. The fraction of sp³-hybridized carbons (Fsp3) is 0.435. The number of pyridine rings is 1. The third kappa shape index (κ3) is 5.11. The molecule has 174 valence electrons. The van der Waals surface area contributed by atoms with Crippen molar-refractivity contribution in [2.24, 2.45) is 0 Å². The fourth-order valence-corrected chi connectivity index (χ4v) is 5.86. The molecule has 1 N–H and O–H groups in total. The van der Waals surface area contributed by atoms with Gasteiger partial charge in [-0.15, -0.1) is 11.3 Å². The topological polar surface area (TPSA) is 103 Å². The van der Waals surface area contributed by atoms with Crippen LogP contribution in [0.5, 0.6) is 0 Å². The summed E-state index contributed by atoms with van der Waals surface area (Å²) < 4.78 is 6.66. The number of ether oxygens (including phenoxy) is 1. The lowest BCUT2D eigenvalue weighted by molar-refractivity contribution is -0.115. The predicted octanol–water partition coefficient (Wildman–Crippen LogP) is 4.02. The minimum Gasteiger partial charge on any atom is -0.462 e. The monoisotopic (exact) mass is 486 g/mol. The number of hydrogen-bond acceptors (Lipinski definition) is 8. The third-order valence-corrected chi connectivity index (χ3v) is 7.65. The molecule has 0 spiro atoms. The van der Waals surface area contributed by atoms with Crippen molar-refractivity contribution in [3.8, 4) is 0 Å². The van der Waals surface area contributed by atoms with Gasteiger partial charge in [0.2, 0.25) is 5.91 Å². The van der Waals surface area contributed by atoms with E-state index in [0.29, 0.717) is 16.2 Å². The SMILES string of the molecule is CCOC(=O)c1c(NC(=O)[C@@H](C)Sc2nc(=O)n3ccc(C)cc3n2)sc2c1CCCCC2. The van der Waals surface area contributed by atoms with E-state index in [4.69, 9.17) is 4.74 Å². The van der Waals surface area contributed by atoms with Crippen LogP contribution in [0.15, 0.2) is 28.3 Å². The summed E-state index contributed by atoms with van der Waals surface area (Å²) in [5, 5.41) is 3.12. The number of thioether (sulfide) groups is 1. The first-order valence-corrected chi connectivity index (χ1v) is 12.7. The highest BCUT2D eigenvalue weighted by molar-refractivity contribution is 8.00. The van der Waals surface area contributed by atoms with Crippen molar-refractivity contribution in [1.82, 2.24) is 14.4 Å². The van der Waals surface area contributed by atoms with Crippen molar-refractivity contribution < 1.29 is 14.3 Å². The van der Waals surface area contributed by atoms with Gasteiger partial charge >= 0.3 is 11.7 Å². The second-order valence-electron chi connectivity index (χ2n) is 7.96. The van der Waals surface area contributed by atoms with Gasteiger partial charge in [-0.2, -0.15) is 4.98 Å². The van der Waals surface area contributed by atoms with Crippen molar-refractivity contribution in [2.75, 3.05) is 11.9 Å². The number of nitrogens with one attached hydrogen (secondary N) is 1. The second kappa shape index (κ2) is 10.0. The van der Waals surface area contributed by atoms with E-state index in [1.54, 1.807) is 26.1 Å². The molecule has 1 aliphatic carbocycles. The normalized spacial score (nSPS) is 14.4. The van der Waals surface area contributed by atoms with Gasteiger partial charge in [-0.3, -0.25) is 9.20 Å². The zero-order valence-corrected chi connectivity index (χ0v) is 20.5. The largest absolute Gasteiger partial charge is 0.462 e. The number of anilines is 1. The van der Waals surface area contributed by atoms with Crippen molar-refractivity contribution in [3.05, 3.63) is 50.4 Å². The van der Waals surface area contributed by atoms with Gasteiger partial charge in [-0.05, 0) is 69.7 Å². The van der Waals surface area contributed by atoms with Gasteiger partial charge in [0.1, 0.15) is 10.6 Å². The van der Waals surface area contributed by atoms with Gasteiger partial charge in [-0.1, -0.05) is 18.2 Å². The highest BCUT2D eigenvalue weighted by Crippen LogP contribution is 2.38. The summed E-state index contributed by atoms with van der Waals surface area (Å²) >= 11 is 2.57. The van der Waals surface area contributed by atoms with Crippen molar-refractivity contribution >= 4 is 45.6 Å². The van der Waals surface area contributed by atoms with Crippen LogP contribution < -0.4 is 11.0 Å². The molecule has 10 heteroatoms. The number of aryl methyl sites for hydroxylation is 2. The number of carbonyl (C=O) groups excluding carboxylic acids is 2. The van der Waals surface area contributed by atoms with Gasteiger partial charge in [-0.25, -0.2) is 14.6 Å². The second-order valence-corrected chi connectivity index (χ2v) is 10.4. The Morgan fingerprint density at radius 2 is 2.06 bits per heavy atom. The number of aromatic nitrogens is 3. The average molecular weight is 487 g/mol. The molecule has 0 saturated heterocycles. The molecule has 8 nitrogen and oxygen atoms in total. The first kappa shape index (κ1) is 23.4. The van der Waals surface area contributed by atoms with Crippen LogP contribution in [0.25, 0.3) is 5.65 Å². The number of carbonyl (C=O) groups is 2. The van der Waals surface area contributed by atoms with Crippen LogP contribution in [0.3, 0.4) is 0 Å². The minimum atomic E-state index is -0.575. The summed E-state index contributed by atoms with van der Waals surface area (Å²) in [6.45, 7) is 5.69. The summed E-state index contributed by atoms with van der Waals surface area (Å²) in [4.78, 5) is 47.6. The number of hydrogen-bond donors (Lipinski definition) is 1. The molecule has 3 aromatic rings. The Morgan fingerprint density at radius 1 is 1.27 bits per heavy atom. The lowest BCUT2D eigenvalue weighted by Gasteiger charge is -2.12. The molecule has 0 saturated carbocycles. The number of nitrogens with zero attached hydrogens (tertiary/aromatic N) is 3. The highest BCUT2D eigenvalue weighted by Gasteiger charge is 2.28. The summed E-state index contributed by atoms with van der Waals surface area (Å²) in [7, 11) is 0. The van der Waals surface area contributed by atoms with E-state index in [0.717, 1.165) is 59.9 Å².